The summed E-state index contributed by atoms with van der Waals surface area (Å²) in [4.78, 5) is 0. The van der Waals surface area contributed by atoms with Crippen LogP contribution in [0.25, 0.3) is 10.2 Å². The van der Waals surface area contributed by atoms with Gasteiger partial charge in [0.1, 0.15) is 0 Å². The van der Waals surface area contributed by atoms with Gasteiger partial charge in [0.2, 0.25) is 0 Å². The van der Waals surface area contributed by atoms with Crippen LogP contribution in [-0.4, -0.2) is 4.37 Å². The molecule has 1 aromatic heterocycles. The summed E-state index contributed by atoms with van der Waals surface area (Å²) < 4.78 is 5.47. The van der Waals surface area contributed by atoms with Crippen LogP contribution >= 0.6 is 32.5 Å². The molecular formula is C7H5Cl2NS2. The SMILES string of the molecule is Cc1c(Cl)ccc2[s+]snc12.[Cl-]. The van der Waals surface area contributed by atoms with Gasteiger partial charge in [0.05, 0.1) is 0 Å². The fourth-order valence-corrected chi connectivity index (χ4v) is 2.95. The van der Waals surface area contributed by atoms with Crippen LogP contribution in [0.5, 0.6) is 0 Å². The molecule has 0 aliphatic heterocycles. The van der Waals surface area contributed by atoms with E-state index in [0.29, 0.717) is 0 Å². The first-order chi connectivity index (χ1) is 5.29. The molecule has 0 aliphatic rings. The summed E-state index contributed by atoms with van der Waals surface area (Å²) in [6.07, 6.45) is 0. The van der Waals surface area contributed by atoms with Crippen molar-refractivity contribution in [1.82, 2.24) is 4.37 Å². The van der Waals surface area contributed by atoms with E-state index in [1.165, 1.54) is 15.2 Å². The van der Waals surface area contributed by atoms with E-state index in [1.54, 1.807) is 10.3 Å². The molecule has 2 rings (SSSR count). The number of hydrogen-bond acceptors (Lipinski definition) is 2. The third-order valence-corrected chi connectivity index (χ3v) is 3.82. The maximum Gasteiger partial charge on any atom is 0.323 e. The number of halogens is 2. The number of hydrogen-bond donors (Lipinski definition) is 0. The van der Waals surface area contributed by atoms with Gasteiger partial charge in [-0.15, -0.1) is 4.37 Å². The van der Waals surface area contributed by atoms with Crippen molar-refractivity contribution in [3.63, 3.8) is 0 Å². The summed E-state index contributed by atoms with van der Waals surface area (Å²) in [7, 11) is 3.19. The Kier molecular flexibility index (Phi) is 3.23. The van der Waals surface area contributed by atoms with E-state index < -0.39 is 0 Å². The molecule has 5 heteroatoms. The lowest BCUT2D eigenvalue weighted by atomic mass is 10.2. The van der Waals surface area contributed by atoms with Gasteiger partial charge in [-0.1, -0.05) is 11.6 Å². The molecule has 0 N–H and O–H groups in total. The minimum atomic E-state index is 0. The second kappa shape index (κ2) is 3.83. The summed E-state index contributed by atoms with van der Waals surface area (Å²) in [5.74, 6) is 0. The molecule has 0 saturated heterocycles. The Hall–Kier alpha value is 0.0400. The van der Waals surface area contributed by atoms with Crippen molar-refractivity contribution < 1.29 is 12.4 Å². The zero-order chi connectivity index (χ0) is 7.84. The fourth-order valence-electron chi connectivity index (χ4n) is 0.927. The van der Waals surface area contributed by atoms with E-state index in [4.69, 9.17) is 11.6 Å². The van der Waals surface area contributed by atoms with Gasteiger partial charge in [-0.3, -0.25) is 0 Å². The Labute approximate surface area is 89.0 Å². The Balaban J connectivity index is 0.000000720. The van der Waals surface area contributed by atoms with Crippen molar-refractivity contribution in [2.45, 2.75) is 6.92 Å². The van der Waals surface area contributed by atoms with Gasteiger partial charge < -0.3 is 12.4 Å². The van der Waals surface area contributed by atoms with Gasteiger partial charge in [-0.05, 0) is 13.0 Å². The highest BCUT2D eigenvalue weighted by Gasteiger charge is 2.12. The molecule has 0 fully saturated rings. The van der Waals surface area contributed by atoms with Crippen LogP contribution in [0.1, 0.15) is 5.56 Å². The standard InChI is InChI=1S/C7H5ClNS2.ClH/c1-4-5(8)2-3-6-7(4)9-11-10-6;/h2-3H,1H3;1H/q+1;/p-1. The number of fused-ring (bicyclic) bond motifs is 1. The zero-order valence-corrected chi connectivity index (χ0v) is 9.32. The molecule has 0 spiro atoms. The first kappa shape index (κ1) is 10.1. The lowest BCUT2D eigenvalue weighted by Gasteiger charge is -1.91. The Morgan fingerprint density at radius 2 is 2.25 bits per heavy atom. The van der Waals surface area contributed by atoms with E-state index in [2.05, 4.69) is 4.37 Å². The molecular weight excluding hydrogens is 233 g/mol. The Morgan fingerprint density at radius 3 is 3.00 bits per heavy atom. The fraction of sp³-hybridized carbons (Fsp3) is 0.143. The Bertz CT molecular complexity index is 399. The Morgan fingerprint density at radius 1 is 1.50 bits per heavy atom. The van der Waals surface area contributed by atoms with Crippen LogP contribution in [0.3, 0.4) is 0 Å². The summed E-state index contributed by atoms with van der Waals surface area (Å²) in [5, 5.41) is 0.801. The van der Waals surface area contributed by atoms with Crippen molar-refractivity contribution in [3.05, 3.63) is 22.7 Å². The van der Waals surface area contributed by atoms with Crippen LogP contribution in [0.2, 0.25) is 5.02 Å². The van der Waals surface area contributed by atoms with Gasteiger partial charge in [-0.25, -0.2) is 0 Å². The summed E-state index contributed by atoms with van der Waals surface area (Å²) >= 11 is 5.91. The average Bonchev–Trinajstić information content (AvgIpc) is 2.45. The molecule has 2 aromatic rings. The minimum absolute atomic E-state index is 0. The molecule has 0 bridgehead atoms. The average molecular weight is 238 g/mol. The van der Waals surface area contributed by atoms with Crippen molar-refractivity contribution >= 4 is 42.7 Å². The molecule has 64 valence electrons. The number of aryl methyl sites for hydroxylation is 1. The van der Waals surface area contributed by atoms with Crippen LogP contribution in [0, 0.1) is 6.92 Å². The van der Waals surface area contributed by atoms with Crippen molar-refractivity contribution in [3.8, 4) is 0 Å². The van der Waals surface area contributed by atoms with Gasteiger partial charge in [-0.2, -0.15) is 0 Å². The van der Waals surface area contributed by atoms with Crippen molar-refractivity contribution in [2.75, 3.05) is 0 Å². The zero-order valence-electron chi connectivity index (χ0n) is 6.17. The first-order valence-electron chi connectivity index (χ1n) is 3.13. The number of rotatable bonds is 0. The molecule has 0 unspecified atom stereocenters. The highest BCUT2D eigenvalue weighted by molar-refractivity contribution is 7.69. The van der Waals surface area contributed by atoms with Gasteiger partial charge in [0, 0.05) is 16.7 Å². The topological polar surface area (TPSA) is 12.9 Å². The van der Waals surface area contributed by atoms with Gasteiger partial charge in [0.25, 0.3) is 15.2 Å². The second-order valence-electron chi connectivity index (χ2n) is 2.27. The highest BCUT2D eigenvalue weighted by Crippen LogP contribution is 2.28. The summed E-state index contributed by atoms with van der Waals surface area (Å²) in [6.45, 7) is 2.00. The van der Waals surface area contributed by atoms with Crippen LogP contribution in [0.15, 0.2) is 12.1 Å². The molecule has 1 aromatic carbocycles. The predicted octanol–water partition coefficient (Wildman–Crippen LogP) is 0.605. The first-order valence-corrected chi connectivity index (χ1v) is 5.61. The maximum absolute atomic E-state index is 5.91. The quantitative estimate of drug-likeness (QED) is 0.484. The normalized spacial score (nSPS) is 9.83. The predicted molar refractivity (Wildman–Crippen MR) is 51.7 cm³/mol. The van der Waals surface area contributed by atoms with E-state index in [1.807, 2.05) is 19.1 Å². The van der Waals surface area contributed by atoms with E-state index in [0.717, 1.165) is 16.1 Å². The number of benzene rings is 1. The molecule has 0 aliphatic carbocycles. The molecule has 0 radical (unpaired) electrons. The monoisotopic (exact) mass is 237 g/mol. The van der Waals surface area contributed by atoms with Crippen LogP contribution < -0.4 is 12.4 Å². The second-order valence-corrected chi connectivity index (χ2v) is 4.56. The molecule has 0 atom stereocenters. The lowest BCUT2D eigenvalue weighted by molar-refractivity contribution is -0.00000205. The molecule has 1 heterocycles. The third-order valence-electron chi connectivity index (χ3n) is 1.58. The highest BCUT2D eigenvalue weighted by atomic mass is 35.5. The van der Waals surface area contributed by atoms with Crippen molar-refractivity contribution in [2.24, 2.45) is 0 Å². The molecule has 0 amide bonds. The van der Waals surface area contributed by atoms with Crippen LogP contribution in [0.4, 0.5) is 0 Å². The third kappa shape index (κ3) is 1.55. The summed E-state index contributed by atoms with van der Waals surface area (Å²) in [6, 6.07) is 3.93. The smallest absolute Gasteiger partial charge is 0.323 e. The number of aromatic nitrogens is 1. The van der Waals surface area contributed by atoms with E-state index in [9.17, 15) is 0 Å². The maximum atomic E-state index is 5.91. The van der Waals surface area contributed by atoms with Gasteiger partial charge in [0.15, 0.2) is 5.52 Å². The molecule has 0 saturated carbocycles. The van der Waals surface area contributed by atoms with Crippen LogP contribution in [-0.2, 0) is 0 Å². The lowest BCUT2D eigenvalue weighted by Crippen LogP contribution is -3.00. The van der Waals surface area contributed by atoms with E-state index >= 15 is 0 Å². The van der Waals surface area contributed by atoms with E-state index in [-0.39, 0.29) is 12.4 Å². The molecule has 12 heavy (non-hydrogen) atoms. The summed E-state index contributed by atoms with van der Waals surface area (Å²) in [5.41, 5.74) is 2.13. The minimum Gasteiger partial charge on any atom is -1.00 e. The molecule has 1 nitrogen and oxygen atoms in total. The van der Waals surface area contributed by atoms with Gasteiger partial charge >= 0.3 is 10.3 Å². The van der Waals surface area contributed by atoms with Crippen molar-refractivity contribution in [1.29, 1.82) is 0 Å². The largest absolute Gasteiger partial charge is 1.00 e. The number of nitrogens with zero attached hydrogens (tertiary/aromatic N) is 1.